The fraction of sp³-hybridized carbons (Fsp3) is 0.600. The Morgan fingerprint density at radius 2 is 1.86 bits per heavy atom. The number of nitrogens with one attached hydrogen (secondary N) is 1. The van der Waals surface area contributed by atoms with Crippen molar-refractivity contribution in [2.45, 2.75) is 13.5 Å². The van der Waals surface area contributed by atoms with Crippen molar-refractivity contribution in [3.63, 3.8) is 0 Å². The van der Waals surface area contributed by atoms with E-state index in [1.165, 1.54) is 17.0 Å². The predicted molar refractivity (Wildman–Crippen MR) is 79.7 cm³/mol. The summed E-state index contributed by atoms with van der Waals surface area (Å²) in [6.45, 7) is 4.94. The summed E-state index contributed by atoms with van der Waals surface area (Å²) in [6.07, 6.45) is 0. The van der Waals surface area contributed by atoms with Crippen molar-refractivity contribution < 1.29 is 18.3 Å². The van der Waals surface area contributed by atoms with E-state index in [4.69, 9.17) is 9.47 Å². The van der Waals surface area contributed by atoms with E-state index >= 15 is 0 Å². The van der Waals surface area contributed by atoms with E-state index in [-0.39, 0.29) is 5.69 Å². The molecular weight excluding hydrogens is 278 g/mol. The van der Waals surface area contributed by atoms with E-state index in [0.29, 0.717) is 45.0 Å². The molecule has 0 atom stereocenters. The minimum Gasteiger partial charge on any atom is -0.383 e. The second kappa shape index (κ2) is 9.65. The van der Waals surface area contributed by atoms with Gasteiger partial charge in [0.1, 0.15) is 17.3 Å². The van der Waals surface area contributed by atoms with E-state index in [1.807, 2.05) is 6.92 Å². The lowest BCUT2D eigenvalue weighted by molar-refractivity contribution is 0.154. The third-order valence-electron chi connectivity index (χ3n) is 3.05. The largest absolute Gasteiger partial charge is 0.383 e. The molecule has 1 aromatic carbocycles. The van der Waals surface area contributed by atoms with Crippen molar-refractivity contribution in [1.82, 2.24) is 5.32 Å². The zero-order valence-electron chi connectivity index (χ0n) is 12.9. The van der Waals surface area contributed by atoms with Gasteiger partial charge in [0.15, 0.2) is 0 Å². The van der Waals surface area contributed by atoms with Crippen LogP contribution in [0.1, 0.15) is 12.5 Å². The van der Waals surface area contributed by atoms with Crippen molar-refractivity contribution in [1.29, 1.82) is 0 Å². The number of methoxy groups -OCH3 is 1. The van der Waals surface area contributed by atoms with E-state index < -0.39 is 11.6 Å². The van der Waals surface area contributed by atoms with Gasteiger partial charge in [-0.3, -0.25) is 0 Å². The summed E-state index contributed by atoms with van der Waals surface area (Å²) in [5, 5.41) is 3.06. The Kier molecular flexibility index (Phi) is 8.19. The first kappa shape index (κ1) is 17.8. The molecule has 0 heterocycles. The highest BCUT2D eigenvalue weighted by Crippen LogP contribution is 2.24. The van der Waals surface area contributed by atoms with Crippen LogP contribution in [0.3, 0.4) is 0 Å². The number of hydrogen-bond acceptors (Lipinski definition) is 4. The van der Waals surface area contributed by atoms with Gasteiger partial charge in [-0.2, -0.15) is 0 Å². The minimum atomic E-state index is -0.558. The molecule has 0 aliphatic rings. The number of nitrogens with zero attached hydrogens (tertiary/aromatic N) is 1. The maximum Gasteiger partial charge on any atom is 0.149 e. The zero-order chi connectivity index (χ0) is 15.7. The molecule has 0 saturated heterocycles. The van der Waals surface area contributed by atoms with Crippen LogP contribution in [0.4, 0.5) is 14.5 Å². The van der Waals surface area contributed by atoms with Crippen molar-refractivity contribution in [3.05, 3.63) is 29.3 Å². The summed E-state index contributed by atoms with van der Waals surface area (Å²) >= 11 is 0. The van der Waals surface area contributed by atoms with Crippen molar-refractivity contribution >= 4 is 5.69 Å². The first-order valence-corrected chi connectivity index (χ1v) is 7.06. The van der Waals surface area contributed by atoms with Gasteiger partial charge in [0.05, 0.1) is 13.2 Å². The molecule has 0 amide bonds. The summed E-state index contributed by atoms with van der Waals surface area (Å²) in [6, 6.07) is 2.71. The van der Waals surface area contributed by atoms with Crippen LogP contribution >= 0.6 is 0 Å². The van der Waals surface area contributed by atoms with E-state index in [9.17, 15) is 8.78 Å². The highest BCUT2D eigenvalue weighted by atomic mass is 19.1. The number of anilines is 1. The Hall–Kier alpha value is -1.24. The van der Waals surface area contributed by atoms with Gasteiger partial charge in [-0.15, -0.1) is 0 Å². The maximum absolute atomic E-state index is 14.1. The first-order valence-electron chi connectivity index (χ1n) is 7.06. The Bertz CT molecular complexity index is 407. The molecule has 21 heavy (non-hydrogen) atoms. The summed E-state index contributed by atoms with van der Waals surface area (Å²) in [7, 11) is 3.25. The number of halogens is 2. The van der Waals surface area contributed by atoms with E-state index in [2.05, 4.69) is 5.32 Å². The van der Waals surface area contributed by atoms with Gasteiger partial charge >= 0.3 is 0 Å². The summed E-state index contributed by atoms with van der Waals surface area (Å²) in [5.41, 5.74) is 0.554. The van der Waals surface area contributed by atoms with Crippen LogP contribution in [0.25, 0.3) is 0 Å². The van der Waals surface area contributed by atoms with Crippen LogP contribution in [0, 0.1) is 11.6 Å². The number of likely N-dealkylation sites (N-methyl/N-ethyl adjacent to an activating group) is 1. The summed E-state index contributed by atoms with van der Waals surface area (Å²) in [5.74, 6) is -1.12. The third-order valence-corrected chi connectivity index (χ3v) is 3.05. The van der Waals surface area contributed by atoms with Crippen molar-refractivity contribution in [2.75, 3.05) is 52.0 Å². The van der Waals surface area contributed by atoms with Gasteiger partial charge in [-0.05, 0) is 24.6 Å². The lowest BCUT2D eigenvalue weighted by Gasteiger charge is -2.21. The average Bonchev–Trinajstić information content (AvgIpc) is 2.43. The molecule has 0 unspecified atom stereocenters. The maximum atomic E-state index is 14.1. The van der Waals surface area contributed by atoms with Crippen LogP contribution < -0.4 is 10.2 Å². The monoisotopic (exact) mass is 302 g/mol. The zero-order valence-corrected chi connectivity index (χ0v) is 12.9. The van der Waals surface area contributed by atoms with Crippen LogP contribution in [-0.4, -0.2) is 47.1 Å². The molecule has 6 heteroatoms. The molecule has 0 radical (unpaired) electrons. The van der Waals surface area contributed by atoms with Crippen LogP contribution in [0.5, 0.6) is 0 Å². The molecule has 0 bridgehead atoms. The van der Waals surface area contributed by atoms with E-state index in [0.717, 1.165) is 0 Å². The van der Waals surface area contributed by atoms with Crippen molar-refractivity contribution in [2.24, 2.45) is 0 Å². The molecular formula is C15H24F2N2O2. The average molecular weight is 302 g/mol. The summed E-state index contributed by atoms with van der Waals surface area (Å²) in [4.78, 5) is 1.53. The highest BCUT2D eigenvalue weighted by Gasteiger charge is 2.15. The molecule has 0 fully saturated rings. The van der Waals surface area contributed by atoms with E-state index in [1.54, 1.807) is 14.2 Å². The standard InChI is InChI=1S/C15H24F2N2O2/c1-4-21-8-6-19(2)15-13(16)9-12(10-14(15)17)11-18-5-7-20-3/h9-10,18H,4-8,11H2,1-3H3. The van der Waals surface area contributed by atoms with Gasteiger partial charge in [-0.1, -0.05) is 0 Å². The fourth-order valence-corrected chi connectivity index (χ4v) is 1.95. The number of rotatable bonds is 10. The van der Waals surface area contributed by atoms with Gasteiger partial charge in [0, 0.05) is 40.4 Å². The van der Waals surface area contributed by atoms with Crippen LogP contribution in [0.2, 0.25) is 0 Å². The summed E-state index contributed by atoms with van der Waals surface area (Å²) < 4.78 is 38.2. The number of benzene rings is 1. The first-order chi connectivity index (χ1) is 10.1. The van der Waals surface area contributed by atoms with Crippen LogP contribution in [0.15, 0.2) is 12.1 Å². The quantitative estimate of drug-likeness (QED) is 0.672. The molecule has 0 aliphatic heterocycles. The predicted octanol–water partition coefficient (Wildman–Crippen LogP) is 2.17. The fourth-order valence-electron chi connectivity index (χ4n) is 1.95. The molecule has 4 nitrogen and oxygen atoms in total. The van der Waals surface area contributed by atoms with Gasteiger partial charge < -0.3 is 19.7 Å². The lowest BCUT2D eigenvalue weighted by Crippen LogP contribution is -2.25. The van der Waals surface area contributed by atoms with Gasteiger partial charge in [0.25, 0.3) is 0 Å². The van der Waals surface area contributed by atoms with Gasteiger partial charge in [-0.25, -0.2) is 8.78 Å². The van der Waals surface area contributed by atoms with Crippen LogP contribution in [-0.2, 0) is 16.0 Å². The third kappa shape index (κ3) is 5.95. The topological polar surface area (TPSA) is 33.7 Å². The Labute approximate surface area is 125 Å². The molecule has 1 N–H and O–H groups in total. The second-order valence-electron chi connectivity index (χ2n) is 4.70. The molecule has 0 saturated carbocycles. The normalized spacial score (nSPS) is 10.9. The molecule has 120 valence electrons. The second-order valence-corrected chi connectivity index (χ2v) is 4.70. The Balaban J connectivity index is 2.66. The molecule has 1 rings (SSSR count). The van der Waals surface area contributed by atoms with Gasteiger partial charge in [0.2, 0.25) is 0 Å². The molecule has 0 aliphatic carbocycles. The number of ether oxygens (including phenoxy) is 2. The number of hydrogen-bond donors (Lipinski definition) is 1. The smallest absolute Gasteiger partial charge is 0.149 e. The minimum absolute atomic E-state index is 0.0182. The molecule has 0 aromatic heterocycles. The SMILES string of the molecule is CCOCCN(C)c1c(F)cc(CNCCOC)cc1F. The Morgan fingerprint density at radius 3 is 2.43 bits per heavy atom. The van der Waals surface area contributed by atoms with Crippen molar-refractivity contribution in [3.8, 4) is 0 Å². The molecule has 0 spiro atoms. The Morgan fingerprint density at radius 1 is 1.19 bits per heavy atom. The lowest BCUT2D eigenvalue weighted by atomic mass is 10.1. The molecule has 1 aromatic rings. The highest BCUT2D eigenvalue weighted by molar-refractivity contribution is 5.50.